The van der Waals surface area contributed by atoms with Gasteiger partial charge in [-0.2, -0.15) is 0 Å². The lowest BCUT2D eigenvalue weighted by atomic mass is 10.3. The molecule has 6 nitrogen and oxygen atoms in total. The van der Waals surface area contributed by atoms with Crippen molar-refractivity contribution in [3.05, 3.63) is 5.89 Å². The molecule has 1 N–H and O–H groups in total. The summed E-state index contributed by atoms with van der Waals surface area (Å²) in [6, 6.07) is 0.725. The first-order chi connectivity index (χ1) is 7.19. The molecule has 0 spiro atoms. The van der Waals surface area contributed by atoms with Gasteiger partial charge in [-0.1, -0.05) is 5.10 Å². The van der Waals surface area contributed by atoms with Crippen molar-refractivity contribution in [2.24, 2.45) is 0 Å². The summed E-state index contributed by atoms with van der Waals surface area (Å²) in [5.41, 5.74) is 0. The van der Waals surface area contributed by atoms with Crippen molar-refractivity contribution in [3.63, 3.8) is 0 Å². The summed E-state index contributed by atoms with van der Waals surface area (Å²) in [5, 5.41) is 10.8. The highest BCUT2D eigenvalue weighted by Crippen LogP contribution is 2.13. The first-order valence-electron chi connectivity index (χ1n) is 4.87. The van der Waals surface area contributed by atoms with E-state index in [9.17, 15) is 0 Å². The third-order valence-electron chi connectivity index (χ3n) is 2.15. The van der Waals surface area contributed by atoms with Gasteiger partial charge in [0.1, 0.15) is 0 Å². The van der Waals surface area contributed by atoms with Gasteiger partial charge in [0.25, 0.3) is 0 Å². The molecule has 86 valence electrons. The number of rotatable bonds is 6. The summed E-state index contributed by atoms with van der Waals surface area (Å²) in [6.07, 6.45) is 0. The van der Waals surface area contributed by atoms with Gasteiger partial charge in [0.05, 0.1) is 19.2 Å². The van der Waals surface area contributed by atoms with Crippen LogP contribution in [0, 0.1) is 0 Å². The van der Waals surface area contributed by atoms with Gasteiger partial charge in [0.15, 0.2) is 0 Å². The largest absolute Gasteiger partial charge is 0.407 e. The van der Waals surface area contributed by atoms with E-state index in [1.54, 1.807) is 7.11 Å². The van der Waals surface area contributed by atoms with E-state index < -0.39 is 0 Å². The Hall–Kier alpha value is -1.14. The summed E-state index contributed by atoms with van der Waals surface area (Å²) in [5.74, 6) is 0.587. The van der Waals surface area contributed by atoms with Crippen molar-refractivity contribution in [1.82, 2.24) is 15.5 Å². The van der Waals surface area contributed by atoms with Crippen molar-refractivity contribution in [2.75, 3.05) is 32.7 Å². The minimum atomic E-state index is 0.206. The van der Waals surface area contributed by atoms with E-state index >= 15 is 0 Å². The van der Waals surface area contributed by atoms with Crippen LogP contribution in [-0.2, 0) is 11.3 Å². The Balaban J connectivity index is 2.60. The molecule has 1 unspecified atom stereocenters. The van der Waals surface area contributed by atoms with E-state index in [1.807, 2.05) is 25.9 Å². The van der Waals surface area contributed by atoms with Gasteiger partial charge in [-0.25, -0.2) is 0 Å². The van der Waals surface area contributed by atoms with Crippen LogP contribution in [0.4, 0.5) is 6.01 Å². The predicted octanol–water partition coefficient (Wildman–Crippen LogP) is 0.260. The van der Waals surface area contributed by atoms with Crippen LogP contribution < -0.4 is 10.2 Å². The number of hydrogen-bond donors (Lipinski definition) is 1. The number of methoxy groups -OCH3 is 1. The maximum Gasteiger partial charge on any atom is 0.318 e. The normalized spacial score (nSPS) is 12.8. The lowest BCUT2D eigenvalue weighted by Gasteiger charge is -2.21. The molecule has 0 radical (unpaired) electrons. The lowest BCUT2D eigenvalue weighted by Crippen LogP contribution is -2.32. The summed E-state index contributed by atoms with van der Waals surface area (Å²) in [7, 11) is 5.41. The zero-order chi connectivity index (χ0) is 11.3. The average molecular weight is 214 g/mol. The van der Waals surface area contributed by atoms with Crippen LogP contribution in [-0.4, -0.2) is 44.1 Å². The Morgan fingerprint density at radius 3 is 2.87 bits per heavy atom. The monoisotopic (exact) mass is 214 g/mol. The van der Waals surface area contributed by atoms with Gasteiger partial charge in [0, 0.05) is 14.2 Å². The molecule has 6 heteroatoms. The quantitative estimate of drug-likeness (QED) is 0.733. The standard InChI is InChI=1S/C9H18N4O2/c1-7(6-14-4)13(3)9-12-11-8(15-9)5-10-2/h7,10H,5-6H2,1-4H3. The topological polar surface area (TPSA) is 63.4 Å². The molecular weight excluding hydrogens is 196 g/mol. The number of aromatic nitrogens is 2. The molecule has 0 bridgehead atoms. The Morgan fingerprint density at radius 1 is 1.53 bits per heavy atom. The Kier molecular flexibility index (Phi) is 4.51. The van der Waals surface area contributed by atoms with E-state index in [-0.39, 0.29) is 6.04 Å². The van der Waals surface area contributed by atoms with Crippen molar-refractivity contribution >= 4 is 6.01 Å². The molecule has 0 amide bonds. The van der Waals surface area contributed by atoms with Crippen molar-refractivity contribution in [2.45, 2.75) is 19.5 Å². The van der Waals surface area contributed by atoms with Crippen LogP contribution in [0.5, 0.6) is 0 Å². The van der Waals surface area contributed by atoms with Crippen LogP contribution in [0.2, 0.25) is 0 Å². The molecule has 0 saturated carbocycles. The molecule has 1 heterocycles. The minimum Gasteiger partial charge on any atom is -0.407 e. The second-order valence-corrected chi connectivity index (χ2v) is 3.42. The van der Waals surface area contributed by atoms with E-state index in [0.717, 1.165) is 0 Å². The molecule has 1 atom stereocenters. The maximum atomic E-state index is 5.44. The molecule has 0 saturated heterocycles. The number of nitrogens with zero attached hydrogens (tertiary/aromatic N) is 3. The van der Waals surface area contributed by atoms with E-state index in [0.29, 0.717) is 25.1 Å². The van der Waals surface area contributed by atoms with Crippen LogP contribution in [0.15, 0.2) is 4.42 Å². The minimum absolute atomic E-state index is 0.206. The molecular formula is C9H18N4O2. The highest BCUT2D eigenvalue weighted by atomic mass is 16.5. The SMILES string of the molecule is CNCc1nnc(N(C)C(C)COC)o1. The number of anilines is 1. The Morgan fingerprint density at radius 2 is 2.27 bits per heavy atom. The second-order valence-electron chi connectivity index (χ2n) is 3.42. The molecule has 0 fully saturated rings. The third-order valence-corrected chi connectivity index (χ3v) is 2.15. The van der Waals surface area contributed by atoms with Crippen LogP contribution >= 0.6 is 0 Å². The number of ether oxygens (including phenoxy) is 1. The van der Waals surface area contributed by atoms with Gasteiger partial charge in [-0.05, 0) is 14.0 Å². The molecule has 1 rings (SSSR count). The summed E-state index contributed by atoms with van der Waals surface area (Å²) in [6.45, 7) is 3.24. The van der Waals surface area contributed by atoms with Crippen molar-refractivity contribution < 1.29 is 9.15 Å². The molecule has 0 aliphatic rings. The van der Waals surface area contributed by atoms with E-state index in [4.69, 9.17) is 9.15 Å². The maximum absolute atomic E-state index is 5.44. The number of likely N-dealkylation sites (N-methyl/N-ethyl adjacent to an activating group) is 1. The fourth-order valence-electron chi connectivity index (χ4n) is 1.15. The summed E-state index contributed by atoms with van der Waals surface area (Å²) < 4.78 is 10.5. The van der Waals surface area contributed by atoms with E-state index in [2.05, 4.69) is 15.5 Å². The first-order valence-corrected chi connectivity index (χ1v) is 4.87. The number of nitrogens with one attached hydrogen (secondary N) is 1. The Bertz CT molecular complexity index is 289. The fourth-order valence-corrected chi connectivity index (χ4v) is 1.15. The molecule has 1 aromatic rings. The predicted molar refractivity (Wildman–Crippen MR) is 56.8 cm³/mol. The van der Waals surface area contributed by atoms with Gasteiger partial charge in [0.2, 0.25) is 5.89 Å². The van der Waals surface area contributed by atoms with Crippen LogP contribution in [0.3, 0.4) is 0 Å². The third kappa shape index (κ3) is 3.17. The fraction of sp³-hybridized carbons (Fsp3) is 0.778. The van der Waals surface area contributed by atoms with Gasteiger partial charge < -0.3 is 19.4 Å². The zero-order valence-electron chi connectivity index (χ0n) is 9.65. The number of hydrogen-bond acceptors (Lipinski definition) is 6. The van der Waals surface area contributed by atoms with Crippen molar-refractivity contribution in [3.8, 4) is 0 Å². The van der Waals surface area contributed by atoms with E-state index in [1.165, 1.54) is 0 Å². The molecule has 0 aliphatic heterocycles. The van der Waals surface area contributed by atoms with Gasteiger partial charge >= 0.3 is 6.01 Å². The van der Waals surface area contributed by atoms with Gasteiger partial charge in [-0.15, -0.1) is 5.10 Å². The average Bonchev–Trinajstić information content (AvgIpc) is 2.66. The molecule has 1 aromatic heterocycles. The molecule has 15 heavy (non-hydrogen) atoms. The molecule has 0 aromatic carbocycles. The first kappa shape index (κ1) is 11.9. The highest BCUT2D eigenvalue weighted by molar-refractivity contribution is 5.23. The smallest absolute Gasteiger partial charge is 0.318 e. The highest BCUT2D eigenvalue weighted by Gasteiger charge is 2.15. The second kappa shape index (κ2) is 5.67. The van der Waals surface area contributed by atoms with Gasteiger partial charge in [-0.3, -0.25) is 0 Å². The zero-order valence-corrected chi connectivity index (χ0v) is 9.65. The van der Waals surface area contributed by atoms with Crippen LogP contribution in [0.25, 0.3) is 0 Å². The summed E-state index contributed by atoms with van der Waals surface area (Å²) in [4.78, 5) is 1.90. The van der Waals surface area contributed by atoms with Crippen molar-refractivity contribution in [1.29, 1.82) is 0 Å². The lowest BCUT2D eigenvalue weighted by molar-refractivity contribution is 0.181. The summed E-state index contributed by atoms with van der Waals surface area (Å²) >= 11 is 0. The molecule has 0 aliphatic carbocycles. The van der Waals surface area contributed by atoms with Crippen LogP contribution in [0.1, 0.15) is 12.8 Å². The Labute approximate surface area is 89.6 Å².